The third-order valence-corrected chi connectivity index (χ3v) is 3.09. The van der Waals surface area contributed by atoms with Gasteiger partial charge in [-0.2, -0.15) is 0 Å². The number of rotatable bonds is 5. The Labute approximate surface area is 87.5 Å². The highest BCUT2D eigenvalue weighted by Crippen LogP contribution is 2.30. The zero-order valence-corrected chi connectivity index (χ0v) is 9.61. The van der Waals surface area contributed by atoms with Crippen LogP contribution in [0.5, 0.6) is 0 Å². The van der Waals surface area contributed by atoms with Crippen molar-refractivity contribution in [3.8, 4) is 0 Å². The first kappa shape index (κ1) is 12.0. The third kappa shape index (κ3) is 4.41. The second-order valence-electron chi connectivity index (χ2n) is 5.07. The molecule has 0 atom stereocenters. The van der Waals surface area contributed by atoms with Crippen LogP contribution in [-0.2, 0) is 0 Å². The second-order valence-corrected chi connectivity index (χ2v) is 5.07. The van der Waals surface area contributed by atoms with Crippen molar-refractivity contribution < 1.29 is 4.39 Å². The van der Waals surface area contributed by atoms with Crippen LogP contribution in [0.1, 0.15) is 52.4 Å². The summed E-state index contributed by atoms with van der Waals surface area (Å²) in [6.45, 7) is 5.93. The number of hydrogen-bond donors (Lipinski definition) is 1. The van der Waals surface area contributed by atoms with Crippen LogP contribution in [0.2, 0.25) is 0 Å². The van der Waals surface area contributed by atoms with Crippen molar-refractivity contribution >= 4 is 0 Å². The van der Waals surface area contributed by atoms with Crippen LogP contribution in [0.25, 0.3) is 0 Å². The molecule has 0 unspecified atom stereocenters. The molecule has 0 amide bonds. The van der Waals surface area contributed by atoms with Gasteiger partial charge in [0.1, 0.15) is 5.67 Å². The smallest absolute Gasteiger partial charge is 0.123 e. The summed E-state index contributed by atoms with van der Waals surface area (Å²) in [4.78, 5) is 0. The lowest BCUT2D eigenvalue weighted by Gasteiger charge is -2.29. The van der Waals surface area contributed by atoms with Crippen LogP contribution in [0.3, 0.4) is 0 Å². The van der Waals surface area contributed by atoms with Gasteiger partial charge in [0, 0.05) is 6.54 Å². The number of nitrogens with one attached hydrogen (secondary N) is 1. The fourth-order valence-electron chi connectivity index (χ4n) is 2.07. The maximum absolute atomic E-state index is 14.0. The summed E-state index contributed by atoms with van der Waals surface area (Å²) in [5.74, 6) is 0.712. The Morgan fingerprint density at radius 2 is 1.86 bits per heavy atom. The molecular weight excluding hydrogens is 177 g/mol. The van der Waals surface area contributed by atoms with Gasteiger partial charge in [0.2, 0.25) is 0 Å². The van der Waals surface area contributed by atoms with E-state index in [0.717, 1.165) is 38.6 Å². The fourth-order valence-corrected chi connectivity index (χ4v) is 2.07. The maximum atomic E-state index is 14.0. The first-order chi connectivity index (χ1) is 6.62. The largest absolute Gasteiger partial charge is 0.314 e. The Hall–Kier alpha value is -0.110. The summed E-state index contributed by atoms with van der Waals surface area (Å²) in [6, 6.07) is 0. The lowest BCUT2D eigenvalue weighted by Crippen LogP contribution is -2.38. The highest BCUT2D eigenvalue weighted by atomic mass is 19.1. The zero-order valence-electron chi connectivity index (χ0n) is 9.61. The van der Waals surface area contributed by atoms with E-state index >= 15 is 0 Å². The highest BCUT2D eigenvalue weighted by Gasteiger charge is 2.30. The van der Waals surface area contributed by atoms with E-state index in [1.54, 1.807) is 0 Å². The maximum Gasteiger partial charge on any atom is 0.123 e. The van der Waals surface area contributed by atoms with Crippen molar-refractivity contribution in [3.63, 3.8) is 0 Å². The van der Waals surface area contributed by atoms with Crippen LogP contribution >= 0.6 is 0 Å². The number of hydrogen-bond acceptors (Lipinski definition) is 1. The van der Waals surface area contributed by atoms with E-state index in [2.05, 4.69) is 19.2 Å². The van der Waals surface area contributed by atoms with Gasteiger partial charge >= 0.3 is 0 Å². The molecule has 1 N–H and O–H groups in total. The molecule has 1 nitrogen and oxygen atoms in total. The van der Waals surface area contributed by atoms with Crippen LogP contribution in [0, 0.1) is 5.92 Å². The van der Waals surface area contributed by atoms with E-state index in [9.17, 15) is 4.39 Å². The number of halogens is 1. The van der Waals surface area contributed by atoms with Crippen molar-refractivity contribution in [1.82, 2.24) is 5.32 Å². The van der Waals surface area contributed by atoms with Gasteiger partial charge in [0.25, 0.3) is 0 Å². The molecule has 0 aromatic rings. The molecule has 1 rings (SSSR count). The first-order valence-electron chi connectivity index (χ1n) is 6.02. The Balaban J connectivity index is 2.09. The van der Waals surface area contributed by atoms with Crippen LogP contribution in [0.4, 0.5) is 4.39 Å². The first-order valence-corrected chi connectivity index (χ1v) is 6.02. The van der Waals surface area contributed by atoms with Gasteiger partial charge in [0.15, 0.2) is 0 Å². The molecule has 14 heavy (non-hydrogen) atoms. The molecule has 0 radical (unpaired) electrons. The van der Waals surface area contributed by atoms with Gasteiger partial charge in [-0.3, -0.25) is 0 Å². The fraction of sp³-hybridized carbons (Fsp3) is 1.00. The predicted molar refractivity (Wildman–Crippen MR) is 59.2 cm³/mol. The van der Waals surface area contributed by atoms with Crippen LogP contribution < -0.4 is 5.32 Å². The van der Waals surface area contributed by atoms with Gasteiger partial charge in [-0.1, -0.05) is 33.1 Å². The molecule has 1 aliphatic carbocycles. The summed E-state index contributed by atoms with van der Waals surface area (Å²) >= 11 is 0. The monoisotopic (exact) mass is 201 g/mol. The standard InChI is InChI=1S/C12H24FN/c1-11(2)6-9-14-10-12(13)7-4-3-5-8-12/h11,14H,3-10H2,1-2H3. The molecule has 1 aliphatic rings. The van der Waals surface area contributed by atoms with E-state index < -0.39 is 5.67 Å². The molecule has 0 aromatic carbocycles. The van der Waals surface area contributed by atoms with Crippen molar-refractivity contribution in [1.29, 1.82) is 0 Å². The Bertz CT molecular complexity index is 150. The Kier molecular flexibility index (Phi) is 4.86. The quantitative estimate of drug-likeness (QED) is 0.673. The SMILES string of the molecule is CC(C)CCNCC1(F)CCCCC1. The normalized spacial score (nSPS) is 21.4. The molecule has 84 valence electrons. The summed E-state index contributed by atoms with van der Waals surface area (Å²) < 4.78 is 14.0. The summed E-state index contributed by atoms with van der Waals surface area (Å²) in [5, 5.41) is 3.25. The Morgan fingerprint density at radius 1 is 1.21 bits per heavy atom. The molecule has 1 fully saturated rings. The van der Waals surface area contributed by atoms with Gasteiger partial charge in [-0.15, -0.1) is 0 Å². The summed E-state index contributed by atoms with van der Waals surface area (Å²) in [6.07, 6.45) is 6.04. The summed E-state index contributed by atoms with van der Waals surface area (Å²) in [7, 11) is 0. The second kappa shape index (κ2) is 5.69. The van der Waals surface area contributed by atoms with Crippen LogP contribution in [-0.4, -0.2) is 18.8 Å². The molecule has 0 aliphatic heterocycles. The molecule has 0 bridgehead atoms. The third-order valence-electron chi connectivity index (χ3n) is 3.09. The average Bonchev–Trinajstić information content (AvgIpc) is 2.14. The van der Waals surface area contributed by atoms with Gasteiger partial charge < -0.3 is 5.32 Å². The molecule has 0 aromatic heterocycles. The minimum absolute atomic E-state index is 0.569. The van der Waals surface area contributed by atoms with Gasteiger partial charge in [-0.05, 0) is 31.7 Å². The zero-order chi connectivity index (χ0) is 10.4. The minimum Gasteiger partial charge on any atom is -0.314 e. The lowest BCUT2D eigenvalue weighted by atomic mass is 9.86. The van der Waals surface area contributed by atoms with Crippen LogP contribution in [0.15, 0.2) is 0 Å². The minimum atomic E-state index is -0.894. The Morgan fingerprint density at radius 3 is 2.43 bits per heavy atom. The van der Waals surface area contributed by atoms with E-state index in [1.165, 1.54) is 6.42 Å². The summed E-state index contributed by atoms with van der Waals surface area (Å²) in [5.41, 5.74) is -0.894. The lowest BCUT2D eigenvalue weighted by molar-refractivity contribution is 0.105. The average molecular weight is 201 g/mol. The van der Waals surface area contributed by atoms with Crippen molar-refractivity contribution in [3.05, 3.63) is 0 Å². The topological polar surface area (TPSA) is 12.0 Å². The highest BCUT2D eigenvalue weighted by molar-refractivity contribution is 4.84. The van der Waals surface area contributed by atoms with Crippen molar-refractivity contribution in [2.45, 2.75) is 58.0 Å². The van der Waals surface area contributed by atoms with Crippen molar-refractivity contribution in [2.75, 3.05) is 13.1 Å². The molecule has 0 saturated heterocycles. The van der Waals surface area contributed by atoms with E-state index in [0.29, 0.717) is 12.5 Å². The molecule has 1 saturated carbocycles. The van der Waals surface area contributed by atoms with Gasteiger partial charge in [-0.25, -0.2) is 4.39 Å². The predicted octanol–water partition coefficient (Wildman–Crippen LogP) is 3.29. The van der Waals surface area contributed by atoms with Gasteiger partial charge in [0.05, 0.1) is 0 Å². The molecule has 2 heteroatoms. The molecule has 0 heterocycles. The van der Waals surface area contributed by atoms with Crippen molar-refractivity contribution in [2.24, 2.45) is 5.92 Å². The number of alkyl halides is 1. The van der Waals surface area contributed by atoms with E-state index in [1.807, 2.05) is 0 Å². The molecule has 0 spiro atoms. The molecular formula is C12H24FN. The van der Waals surface area contributed by atoms with E-state index in [-0.39, 0.29) is 0 Å². The van der Waals surface area contributed by atoms with E-state index in [4.69, 9.17) is 0 Å².